The highest BCUT2D eigenvalue weighted by atomic mass is 35.5. The largest absolute Gasteiger partial charge is 0.433 e. The fraction of sp³-hybridized carbons (Fsp3) is 0.857. The van der Waals surface area contributed by atoms with E-state index >= 15 is 0 Å². The molecule has 11 heavy (non-hydrogen) atoms. The second-order valence-electron chi connectivity index (χ2n) is 2.70. The summed E-state index contributed by atoms with van der Waals surface area (Å²) in [6.07, 6.45) is 1.85. The van der Waals surface area contributed by atoms with Crippen molar-refractivity contribution in [1.29, 1.82) is 0 Å². The highest BCUT2D eigenvalue weighted by Gasteiger charge is 2.25. The molecular weight excluding hydrogens is 166 g/mol. The molecule has 0 spiro atoms. The van der Waals surface area contributed by atoms with Gasteiger partial charge in [0, 0.05) is 12.6 Å². The van der Waals surface area contributed by atoms with Crippen molar-refractivity contribution in [3.63, 3.8) is 0 Å². The van der Waals surface area contributed by atoms with Crippen LogP contribution in [0, 0.1) is 0 Å². The van der Waals surface area contributed by atoms with Crippen molar-refractivity contribution in [2.45, 2.75) is 25.8 Å². The van der Waals surface area contributed by atoms with E-state index < -0.39 is 0 Å². The summed E-state index contributed by atoms with van der Waals surface area (Å²) in [5.41, 5.74) is 0. The second kappa shape index (κ2) is 3.81. The Bertz CT molecular complexity index is 151. The molecule has 1 saturated heterocycles. The number of carbonyl (C=O) groups is 1. The van der Waals surface area contributed by atoms with E-state index in [0.717, 1.165) is 19.4 Å². The van der Waals surface area contributed by atoms with Gasteiger partial charge in [-0.25, -0.2) is 4.79 Å². The van der Waals surface area contributed by atoms with E-state index in [2.05, 4.69) is 4.74 Å². The summed E-state index contributed by atoms with van der Waals surface area (Å²) >= 11 is 5.25. The van der Waals surface area contributed by atoms with Crippen molar-refractivity contribution in [2.24, 2.45) is 0 Å². The SMILES string of the molecule is CC1CCCN1C(=O)OCCl. The predicted octanol–water partition coefficient (Wildman–Crippen LogP) is 1.80. The summed E-state index contributed by atoms with van der Waals surface area (Å²) in [4.78, 5) is 12.8. The van der Waals surface area contributed by atoms with E-state index in [9.17, 15) is 4.79 Å². The summed E-state index contributed by atoms with van der Waals surface area (Å²) in [5, 5.41) is 0. The van der Waals surface area contributed by atoms with Crippen LogP contribution in [0.2, 0.25) is 0 Å². The van der Waals surface area contributed by atoms with Crippen LogP contribution in [0.1, 0.15) is 19.8 Å². The van der Waals surface area contributed by atoms with Gasteiger partial charge in [0.2, 0.25) is 0 Å². The number of halogens is 1. The molecule has 0 saturated carbocycles. The average molecular weight is 178 g/mol. The summed E-state index contributed by atoms with van der Waals surface area (Å²) in [7, 11) is 0. The van der Waals surface area contributed by atoms with Crippen molar-refractivity contribution in [2.75, 3.05) is 12.6 Å². The van der Waals surface area contributed by atoms with Crippen molar-refractivity contribution in [3.05, 3.63) is 0 Å². The Hall–Kier alpha value is -0.440. The molecule has 0 radical (unpaired) electrons. The minimum absolute atomic E-state index is 0.0535. The van der Waals surface area contributed by atoms with E-state index in [0.29, 0.717) is 6.04 Å². The molecule has 1 atom stereocenters. The maximum Gasteiger partial charge on any atom is 0.411 e. The lowest BCUT2D eigenvalue weighted by Crippen LogP contribution is -2.33. The van der Waals surface area contributed by atoms with E-state index in [4.69, 9.17) is 11.6 Å². The molecule has 1 fully saturated rings. The Kier molecular flexibility index (Phi) is 3.00. The number of likely N-dealkylation sites (tertiary alicyclic amines) is 1. The minimum Gasteiger partial charge on any atom is -0.433 e. The zero-order valence-corrected chi connectivity index (χ0v) is 7.30. The van der Waals surface area contributed by atoms with Gasteiger partial charge in [0.15, 0.2) is 6.07 Å². The molecule has 1 aliphatic rings. The summed E-state index contributed by atoms with van der Waals surface area (Å²) in [6.45, 7) is 2.82. The van der Waals surface area contributed by atoms with Gasteiger partial charge in [0.25, 0.3) is 0 Å². The standard InChI is InChI=1S/C7H12ClNO2/c1-6-3-2-4-9(6)7(10)11-5-8/h6H,2-5H2,1H3. The Morgan fingerprint density at radius 3 is 3.00 bits per heavy atom. The lowest BCUT2D eigenvalue weighted by Gasteiger charge is -2.19. The maximum absolute atomic E-state index is 11.1. The molecule has 0 aromatic heterocycles. The average Bonchev–Trinajstić information content (AvgIpc) is 2.36. The van der Waals surface area contributed by atoms with Crippen molar-refractivity contribution in [1.82, 2.24) is 4.90 Å². The number of carbonyl (C=O) groups excluding carboxylic acids is 1. The van der Waals surface area contributed by atoms with Crippen molar-refractivity contribution < 1.29 is 9.53 Å². The van der Waals surface area contributed by atoms with Gasteiger partial charge in [-0.2, -0.15) is 0 Å². The molecule has 0 aromatic carbocycles. The molecule has 1 aliphatic heterocycles. The fourth-order valence-corrected chi connectivity index (χ4v) is 1.43. The Morgan fingerprint density at radius 1 is 1.82 bits per heavy atom. The molecule has 0 bridgehead atoms. The number of rotatable bonds is 1. The first-order valence-electron chi connectivity index (χ1n) is 3.75. The first-order chi connectivity index (χ1) is 5.25. The first-order valence-corrected chi connectivity index (χ1v) is 4.28. The lowest BCUT2D eigenvalue weighted by atomic mass is 10.2. The van der Waals surface area contributed by atoms with Crippen LogP contribution in [0.3, 0.4) is 0 Å². The molecule has 0 aliphatic carbocycles. The molecular formula is C7H12ClNO2. The molecule has 64 valence electrons. The topological polar surface area (TPSA) is 29.5 Å². The van der Waals surface area contributed by atoms with E-state index in [-0.39, 0.29) is 12.2 Å². The molecule has 1 amide bonds. The molecule has 0 aromatic rings. The number of hydrogen-bond donors (Lipinski definition) is 0. The van der Waals surface area contributed by atoms with Crippen LogP contribution < -0.4 is 0 Å². The summed E-state index contributed by atoms with van der Waals surface area (Å²) in [5.74, 6) is 0. The van der Waals surface area contributed by atoms with Crippen LogP contribution >= 0.6 is 11.6 Å². The van der Waals surface area contributed by atoms with Gasteiger partial charge in [-0.05, 0) is 19.8 Å². The van der Waals surface area contributed by atoms with E-state index in [1.54, 1.807) is 4.90 Å². The third-order valence-electron chi connectivity index (χ3n) is 1.97. The van der Waals surface area contributed by atoms with Gasteiger partial charge < -0.3 is 9.64 Å². The molecule has 1 rings (SSSR count). The number of alkyl halides is 1. The first kappa shape index (κ1) is 8.65. The van der Waals surface area contributed by atoms with Gasteiger partial charge in [0.1, 0.15) is 0 Å². The maximum atomic E-state index is 11.1. The Labute approximate surface area is 71.3 Å². The highest BCUT2D eigenvalue weighted by Crippen LogP contribution is 2.17. The number of hydrogen-bond acceptors (Lipinski definition) is 2. The zero-order valence-electron chi connectivity index (χ0n) is 6.55. The number of ether oxygens (including phenoxy) is 1. The van der Waals surface area contributed by atoms with Gasteiger partial charge in [-0.3, -0.25) is 0 Å². The fourth-order valence-electron chi connectivity index (χ4n) is 1.33. The Morgan fingerprint density at radius 2 is 2.55 bits per heavy atom. The second-order valence-corrected chi connectivity index (χ2v) is 2.92. The monoisotopic (exact) mass is 177 g/mol. The number of amides is 1. The van der Waals surface area contributed by atoms with Crippen LogP contribution in [-0.4, -0.2) is 29.6 Å². The van der Waals surface area contributed by atoms with Gasteiger partial charge in [-0.1, -0.05) is 11.6 Å². The quantitative estimate of drug-likeness (QED) is 0.572. The lowest BCUT2D eigenvalue weighted by molar-refractivity contribution is 0.116. The van der Waals surface area contributed by atoms with Crippen molar-refractivity contribution >= 4 is 17.7 Å². The highest BCUT2D eigenvalue weighted by molar-refractivity contribution is 6.17. The molecule has 1 heterocycles. The van der Waals surface area contributed by atoms with Crippen molar-refractivity contribution in [3.8, 4) is 0 Å². The third-order valence-corrected chi connectivity index (χ3v) is 2.07. The van der Waals surface area contributed by atoms with Gasteiger partial charge in [-0.15, -0.1) is 0 Å². The molecule has 1 unspecified atom stereocenters. The predicted molar refractivity (Wildman–Crippen MR) is 42.6 cm³/mol. The van der Waals surface area contributed by atoms with E-state index in [1.807, 2.05) is 6.92 Å². The van der Waals surface area contributed by atoms with Crippen LogP contribution in [0.4, 0.5) is 4.79 Å². The van der Waals surface area contributed by atoms with E-state index in [1.165, 1.54) is 0 Å². The van der Waals surface area contributed by atoms with Gasteiger partial charge >= 0.3 is 6.09 Å². The summed E-state index contributed by atoms with van der Waals surface area (Å²) in [6, 6.07) is 0.257. The summed E-state index contributed by atoms with van der Waals surface area (Å²) < 4.78 is 4.65. The Balaban J connectivity index is 2.39. The van der Waals surface area contributed by atoms with Crippen LogP contribution in [0.5, 0.6) is 0 Å². The van der Waals surface area contributed by atoms with Crippen LogP contribution in [-0.2, 0) is 4.74 Å². The zero-order chi connectivity index (χ0) is 8.27. The van der Waals surface area contributed by atoms with Crippen LogP contribution in [0.25, 0.3) is 0 Å². The molecule has 4 heteroatoms. The van der Waals surface area contributed by atoms with Crippen LogP contribution in [0.15, 0.2) is 0 Å². The normalized spacial score (nSPS) is 23.8. The van der Waals surface area contributed by atoms with Gasteiger partial charge in [0.05, 0.1) is 0 Å². The molecule has 3 nitrogen and oxygen atoms in total. The smallest absolute Gasteiger partial charge is 0.411 e. The third kappa shape index (κ3) is 1.99. The molecule has 0 N–H and O–H groups in total. The minimum atomic E-state index is -0.287. The number of nitrogens with zero attached hydrogens (tertiary/aromatic N) is 1.